The second-order valence-electron chi connectivity index (χ2n) is 12.9. The Morgan fingerprint density at radius 3 is 2.63 bits per heavy atom. The average Bonchev–Trinajstić information content (AvgIpc) is 3.64. The van der Waals surface area contributed by atoms with E-state index in [2.05, 4.69) is 44.0 Å². The Hall–Kier alpha value is -2.91. The van der Waals surface area contributed by atoms with Crippen molar-refractivity contribution in [3.63, 3.8) is 0 Å². The number of aliphatic carboxylic acids is 1. The fraction of sp³-hybridized carbons (Fsp3) is 0.656. The molecule has 226 valence electrons. The minimum Gasteiger partial charge on any atom is -0.493 e. The molecule has 3 heterocycles. The van der Waals surface area contributed by atoms with Crippen molar-refractivity contribution in [1.82, 2.24) is 19.4 Å². The van der Waals surface area contributed by atoms with Gasteiger partial charge < -0.3 is 23.8 Å². The smallest absolute Gasteiger partial charge is 0.308 e. The highest BCUT2D eigenvalue weighted by molar-refractivity contribution is 5.79. The van der Waals surface area contributed by atoms with Crippen LogP contribution in [0.15, 0.2) is 30.6 Å². The van der Waals surface area contributed by atoms with Crippen LogP contribution in [0, 0.1) is 5.92 Å². The zero-order chi connectivity index (χ0) is 29.6. The first-order valence-corrected chi connectivity index (χ1v) is 15.3. The highest BCUT2D eigenvalue weighted by Crippen LogP contribution is 2.41. The van der Waals surface area contributed by atoms with Crippen LogP contribution in [-0.4, -0.2) is 107 Å². The van der Waals surface area contributed by atoms with Gasteiger partial charge in [0.2, 0.25) is 5.91 Å². The molecule has 3 atom stereocenters. The lowest BCUT2D eigenvalue weighted by atomic mass is 9.83. The third kappa shape index (κ3) is 8.10. The van der Waals surface area contributed by atoms with Gasteiger partial charge in [-0.05, 0) is 42.9 Å². The molecule has 1 fully saturated rings. The molecular weight excluding hydrogens is 518 g/mol. The Balaban J connectivity index is 1.54. The molecule has 0 aliphatic carbocycles. The summed E-state index contributed by atoms with van der Waals surface area (Å²) in [4.78, 5) is 35.3. The van der Waals surface area contributed by atoms with Gasteiger partial charge in [0.1, 0.15) is 11.6 Å². The normalized spacial score (nSPS) is 20.7. The standard InChI is InChI=1S/C32H49N5O4/c1-6-7-16-35(17-8-9-19-37(3,4)5)30(38)23-36-22-26(24-10-12-28-25(21-24)14-20-41-28)31(32(39)40)27(36)11-13-29-33-15-18-34(29)2/h10,12,15,18,21,26-27,31H,6-9,11,13-14,16-17,19-20,22-23H2,1-5H3/p+1. The number of hydrogen-bond donors (Lipinski definition) is 1. The van der Waals surface area contributed by atoms with Crippen molar-refractivity contribution in [1.29, 1.82) is 0 Å². The van der Waals surface area contributed by atoms with E-state index in [1.165, 1.54) is 0 Å². The van der Waals surface area contributed by atoms with Crippen molar-refractivity contribution >= 4 is 11.9 Å². The van der Waals surface area contributed by atoms with Gasteiger partial charge in [-0.2, -0.15) is 0 Å². The number of imidazole rings is 1. The fourth-order valence-corrected chi connectivity index (χ4v) is 6.41. The van der Waals surface area contributed by atoms with Crippen molar-refractivity contribution in [2.75, 3.05) is 60.5 Å². The van der Waals surface area contributed by atoms with Gasteiger partial charge in [-0.1, -0.05) is 25.5 Å². The molecule has 1 saturated heterocycles. The van der Waals surface area contributed by atoms with E-state index in [0.29, 0.717) is 26.0 Å². The number of unbranched alkanes of at least 4 members (excludes halogenated alkanes) is 2. The van der Waals surface area contributed by atoms with Crippen LogP contribution in [0.4, 0.5) is 0 Å². The number of hydrogen-bond acceptors (Lipinski definition) is 5. The van der Waals surface area contributed by atoms with E-state index in [9.17, 15) is 14.7 Å². The van der Waals surface area contributed by atoms with Crippen LogP contribution in [0.1, 0.15) is 61.9 Å². The number of aryl methyl sites for hydroxylation is 2. The Labute approximate surface area is 245 Å². The summed E-state index contributed by atoms with van der Waals surface area (Å²) >= 11 is 0. The number of carboxylic acid groups (broad SMARTS) is 1. The Morgan fingerprint density at radius 2 is 1.95 bits per heavy atom. The van der Waals surface area contributed by atoms with E-state index in [1.54, 1.807) is 6.20 Å². The van der Waals surface area contributed by atoms with Gasteiger partial charge in [-0.25, -0.2) is 4.98 Å². The van der Waals surface area contributed by atoms with Crippen LogP contribution in [0.25, 0.3) is 0 Å². The Bertz CT molecular complexity index is 1170. The van der Waals surface area contributed by atoms with Gasteiger partial charge in [-0.15, -0.1) is 0 Å². The number of quaternary nitrogens is 1. The predicted octanol–water partition coefficient (Wildman–Crippen LogP) is 3.57. The van der Waals surface area contributed by atoms with Crippen LogP contribution >= 0.6 is 0 Å². The summed E-state index contributed by atoms with van der Waals surface area (Å²) in [6.45, 7) is 6.20. The van der Waals surface area contributed by atoms with Crippen molar-refractivity contribution in [2.45, 2.75) is 63.8 Å². The average molecular weight is 569 g/mol. The summed E-state index contributed by atoms with van der Waals surface area (Å²) in [7, 11) is 8.55. The molecule has 2 aliphatic rings. The molecule has 3 unspecified atom stereocenters. The quantitative estimate of drug-likeness (QED) is 0.261. The summed E-state index contributed by atoms with van der Waals surface area (Å²) in [5.41, 5.74) is 2.17. The minimum atomic E-state index is -0.797. The number of nitrogens with zero attached hydrogens (tertiary/aromatic N) is 5. The molecule has 1 amide bonds. The maximum Gasteiger partial charge on any atom is 0.308 e. The summed E-state index contributed by atoms with van der Waals surface area (Å²) in [5, 5.41) is 10.5. The van der Waals surface area contributed by atoms with Crippen molar-refractivity contribution in [2.24, 2.45) is 13.0 Å². The maximum absolute atomic E-state index is 13.8. The number of ether oxygens (including phenoxy) is 1. The minimum absolute atomic E-state index is 0.109. The van der Waals surface area contributed by atoms with Crippen molar-refractivity contribution < 1.29 is 23.9 Å². The van der Waals surface area contributed by atoms with Crippen LogP contribution in [0.5, 0.6) is 5.75 Å². The number of benzene rings is 1. The molecule has 1 aromatic carbocycles. The molecule has 9 heteroatoms. The van der Waals surface area contributed by atoms with E-state index in [4.69, 9.17) is 4.74 Å². The number of carbonyl (C=O) groups is 2. The van der Waals surface area contributed by atoms with E-state index in [-0.39, 0.29) is 24.4 Å². The molecule has 0 spiro atoms. The van der Waals surface area contributed by atoms with Crippen LogP contribution < -0.4 is 4.74 Å². The SMILES string of the molecule is CCCCN(CCCC[N+](C)(C)C)C(=O)CN1CC(c2ccc3c(c2)CCO3)C(C(=O)O)C1CCc1nccn1C. The van der Waals surface area contributed by atoms with Crippen molar-refractivity contribution in [3.8, 4) is 5.75 Å². The summed E-state index contributed by atoms with van der Waals surface area (Å²) in [5.74, 6) is 0.352. The lowest BCUT2D eigenvalue weighted by Crippen LogP contribution is -2.45. The number of aromatic nitrogens is 2. The zero-order valence-corrected chi connectivity index (χ0v) is 25.7. The van der Waals surface area contributed by atoms with Gasteiger partial charge >= 0.3 is 5.97 Å². The highest BCUT2D eigenvalue weighted by atomic mass is 16.5. The number of carboxylic acids is 1. The van der Waals surface area contributed by atoms with Gasteiger partial charge in [0.25, 0.3) is 0 Å². The molecule has 0 radical (unpaired) electrons. The molecule has 1 N–H and O–H groups in total. The molecular formula is C32H50N5O4+. The molecule has 41 heavy (non-hydrogen) atoms. The summed E-state index contributed by atoms with van der Waals surface area (Å²) in [6.07, 6.45) is 9.89. The van der Waals surface area contributed by atoms with E-state index >= 15 is 0 Å². The Morgan fingerprint density at radius 1 is 1.17 bits per heavy atom. The number of likely N-dealkylation sites (tertiary alicyclic amines) is 1. The van der Waals surface area contributed by atoms with Gasteiger partial charge in [-0.3, -0.25) is 14.5 Å². The van der Waals surface area contributed by atoms with Crippen LogP contribution in [0.2, 0.25) is 0 Å². The fourth-order valence-electron chi connectivity index (χ4n) is 6.41. The summed E-state index contributed by atoms with van der Waals surface area (Å²) < 4.78 is 8.61. The molecule has 2 aromatic rings. The number of amides is 1. The van der Waals surface area contributed by atoms with Crippen molar-refractivity contribution in [3.05, 3.63) is 47.5 Å². The lowest BCUT2D eigenvalue weighted by Gasteiger charge is -2.30. The van der Waals surface area contributed by atoms with E-state index in [0.717, 1.165) is 78.9 Å². The predicted molar refractivity (Wildman–Crippen MR) is 160 cm³/mol. The van der Waals surface area contributed by atoms with Gasteiger partial charge in [0, 0.05) is 63.9 Å². The zero-order valence-electron chi connectivity index (χ0n) is 25.7. The second kappa shape index (κ2) is 13.8. The molecule has 9 nitrogen and oxygen atoms in total. The highest BCUT2D eigenvalue weighted by Gasteiger charge is 2.47. The molecule has 2 aliphatic heterocycles. The van der Waals surface area contributed by atoms with Crippen LogP contribution in [0.3, 0.4) is 0 Å². The van der Waals surface area contributed by atoms with Gasteiger partial charge in [0.05, 0.1) is 46.8 Å². The Kier molecular flexibility index (Phi) is 10.5. The number of fused-ring (bicyclic) bond motifs is 1. The third-order valence-corrected chi connectivity index (χ3v) is 8.74. The largest absolute Gasteiger partial charge is 0.493 e. The molecule has 0 bridgehead atoms. The maximum atomic E-state index is 13.8. The number of carbonyl (C=O) groups excluding carboxylic acids is 1. The topological polar surface area (TPSA) is 87.9 Å². The number of rotatable bonds is 15. The van der Waals surface area contributed by atoms with E-state index < -0.39 is 11.9 Å². The first-order chi connectivity index (χ1) is 19.6. The first kappa shape index (κ1) is 31.0. The first-order valence-electron chi connectivity index (χ1n) is 15.3. The lowest BCUT2D eigenvalue weighted by molar-refractivity contribution is -0.870. The van der Waals surface area contributed by atoms with Crippen LogP contribution in [-0.2, 0) is 29.5 Å². The molecule has 1 aromatic heterocycles. The molecule has 0 saturated carbocycles. The van der Waals surface area contributed by atoms with E-state index in [1.807, 2.05) is 34.8 Å². The second-order valence-corrected chi connectivity index (χ2v) is 12.9. The third-order valence-electron chi connectivity index (χ3n) is 8.74. The van der Waals surface area contributed by atoms with Gasteiger partial charge in [0.15, 0.2) is 0 Å². The summed E-state index contributed by atoms with van der Waals surface area (Å²) in [6, 6.07) is 5.88. The monoisotopic (exact) mass is 568 g/mol. The molecule has 4 rings (SSSR count).